The Bertz CT molecular complexity index is 1040. The zero-order valence-electron chi connectivity index (χ0n) is 13.9. The fraction of sp³-hybridized carbons (Fsp3) is 0.222. The van der Waals surface area contributed by atoms with E-state index in [0.717, 1.165) is 27.5 Å². The zero-order chi connectivity index (χ0) is 16.1. The summed E-state index contributed by atoms with van der Waals surface area (Å²) in [4.78, 5) is 6.78. The Morgan fingerprint density at radius 1 is 1.17 bits per heavy atom. The van der Waals surface area contributed by atoms with E-state index in [1.807, 2.05) is 13.0 Å². The number of pyridine rings is 2. The lowest BCUT2D eigenvalue weighted by molar-refractivity contribution is -0.658. The lowest BCUT2D eigenvalue weighted by Gasteiger charge is -2.18. The van der Waals surface area contributed by atoms with Crippen molar-refractivity contribution in [1.29, 1.82) is 0 Å². The second-order valence-electron chi connectivity index (χ2n) is 6.30. The Hall–Kier alpha value is -2.56. The molecule has 0 N–H and O–H groups in total. The highest BCUT2D eigenvalue weighted by molar-refractivity contribution is 6.76. The van der Waals surface area contributed by atoms with Gasteiger partial charge in [0.2, 0.25) is 5.71 Å². The van der Waals surface area contributed by atoms with Gasteiger partial charge in [-0.2, -0.15) is 0 Å². The highest BCUT2D eigenvalue weighted by atomic mass is 16.3. The quantitative estimate of drug-likeness (QED) is 0.504. The molecule has 4 heterocycles. The summed E-state index contributed by atoms with van der Waals surface area (Å²) in [6.07, 6.45) is 4.32. The van der Waals surface area contributed by atoms with E-state index in [-0.39, 0.29) is 6.85 Å². The van der Waals surface area contributed by atoms with Crippen molar-refractivity contribution in [3.8, 4) is 0 Å². The number of aryl methyl sites for hydroxylation is 3. The van der Waals surface area contributed by atoms with Crippen LogP contribution in [0.1, 0.15) is 11.3 Å². The fourth-order valence-electron chi connectivity index (χ4n) is 3.20. The molecule has 0 aliphatic carbocycles. The van der Waals surface area contributed by atoms with Gasteiger partial charge in [0.1, 0.15) is 5.42 Å². The number of hydrogen-bond acceptors (Lipinski definition) is 3. The molecule has 4 nitrogen and oxygen atoms in total. The molecule has 0 saturated heterocycles. The average Bonchev–Trinajstić information content (AvgIpc) is 2.83. The highest BCUT2D eigenvalue weighted by Gasteiger charge is 2.29. The lowest BCUT2D eigenvalue weighted by atomic mass is 9.62. The average molecular weight is 304 g/mol. The first-order chi connectivity index (χ1) is 11.0. The Morgan fingerprint density at radius 3 is 2.78 bits per heavy atom. The number of fused-ring (bicyclic) bond motifs is 3. The van der Waals surface area contributed by atoms with Crippen molar-refractivity contribution < 1.29 is 8.98 Å². The minimum absolute atomic E-state index is 0.220. The van der Waals surface area contributed by atoms with Gasteiger partial charge in [0.15, 0.2) is 0 Å². The van der Waals surface area contributed by atoms with E-state index >= 15 is 0 Å². The van der Waals surface area contributed by atoms with Gasteiger partial charge in [-0.05, 0) is 50.4 Å². The molecular weight excluding hydrogens is 285 g/mol. The molecule has 1 aliphatic rings. The smallest absolute Gasteiger partial charge is 0.405 e. The summed E-state index contributed by atoms with van der Waals surface area (Å²) < 4.78 is 8.10. The van der Waals surface area contributed by atoms with Crippen LogP contribution in [0.5, 0.6) is 0 Å². The van der Waals surface area contributed by atoms with Gasteiger partial charge in [-0.3, -0.25) is 4.81 Å². The predicted octanol–water partition coefficient (Wildman–Crippen LogP) is 1.47. The summed E-state index contributed by atoms with van der Waals surface area (Å²) >= 11 is 0. The molecular formula is C18H19BN3O+. The second-order valence-corrected chi connectivity index (χ2v) is 6.30. The summed E-state index contributed by atoms with van der Waals surface area (Å²) in [5.41, 5.74) is 3.85. The molecule has 0 bridgehead atoms. The van der Waals surface area contributed by atoms with Crippen LogP contribution < -0.4 is 20.0 Å². The summed E-state index contributed by atoms with van der Waals surface area (Å²) in [6.45, 7) is 6.48. The van der Waals surface area contributed by atoms with Crippen LogP contribution in [0.15, 0.2) is 34.9 Å². The maximum Gasteiger partial charge on any atom is 0.405 e. The van der Waals surface area contributed by atoms with Gasteiger partial charge in [0.05, 0.1) is 30.0 Å². The fourth-order valence-corrected chi connectivity index (χ4v) is 3.20. The molecule has 0 atom stereocenters. The van der Waals surface area contributed by atoms with Crippen LogP contribution in [0.4, 0.5) is 5.82 Å². The van der Waals surface area contributed by atoms with Gasteiger partial charge in [0, 0.05) is 11.8 Å². The van der Waals surface area contributed by atoms with Crippen LogP contribution in [-0.2, 0) is 7.05 Å². The first kappa shape index (κ1) is 14.1. The van der Waals surface area contributed by atoms with Crippen molar-refractivity contribution in [2.75, 3.05) is 4.81 Å². The Balaban J connectivity index is 1.96. The van der Waals surface area contributed by atoms with Gasteiger partial charge >= 0.3 is 6.85 Å². The van der Waals surface area contributed by atoms with E-state index in [2.05, 4.69) is 71.7 Å². The van der Waals surface area contributed by atoms with Crippen LogP contribution in [0.3, 0.4) is 0 Å². The third-order valence-electron chi connectivity index (χ3n) is 4.38. The van der Waals surface area contributed by atoms with Crippen molar-refractivity contribution in [1.82, 2.24) is 4.98 Å². The number of aromatic nitrogens is 2. The number of nitrogens with zero attached hydrogens (tertiary/aromatic N) is 3. The van der Waals surface area contributed by atoms with Crippen molar-refractivity contribution >= 4 is 35.9 Å². The molecule has 114 valence electrons. The van der Waals surface area contributed by atoms with E-state index < -0.39 is 0 Å². The van der Waals surface area contributed by atoms with Gasteiger partial charge < -0.3 is 4.42 Å². The van der Waals surface area contributed by atoms with E-state index in [1.165, 1.54) is 5.56 Å². The predicted molar refractivity (Wildman–Crippen MR) is 93.4 cm³/mol. The molecule has 0 fully saturated rings. The molecule has 0 spiro atoms. The molecule has 5 heteroatoms. The third-order valence-corrected chi connectivity index (χ3v) is 4.38. The SMILES string of the molecule is CB1C=c2oc3nc(C)ccc3c2=CN1c1ccc(C)c[n+]1C. The number of rotatable bonds is 1. The van der Waals surface area contributed by atoms with Crippen LogP contribution >= 0.6 is 0 Å². The van der Waals surface area contributed by atoms with Gasteiger partial charge in [0.25, 0.3) is 5.82 Å². The molecule has 0 aromatic carbocycles. The largest absolute Gasteiger partial charge is 0.439 e. The van der Waals surface area contributed by atoms with Crippen LogP contribution in [0, 0.1) is 13.8 Å². The minimum Gasteiger partial charge on any atom is -0.439 e. The molecule has 1 aliphatic heterocycles. The number of hydrogen-bond donors (Lipinski definition) is 0. The second kappa shape index (κ2) is 4.98. The van der Waals surface area contributed by atoms with E-state index in [9.17, 15) is 0 Å². The molecule has 3 aromatic rings. The molecule has 0 amide bonds. The van der Waals surface area contributed by atoms with Gasteiger partial charge in [-0.15, -0.1) is 0 Å². The molecule has 4 rings (SSSR count). The van der Waals surface area contributed by atoms with Gasteiger partial charge in [-0.25, -0.2) is 9.55 Å². The summed E-state index contributed by atoms with van der Waals surface area (Å²) in [5.74, 6) is 3.31. The minimum atomic E-state index is 0.220. The van der Waals surface area contributed by atoms with Crippen LogP contribution in [0.25, 0.3) is 23.3 Å². The van der Waals surface area contributed by atoms with Crippen molar-refractivity contribution in [3.05, 3.63) is 52.4 Å². The normalized spacial score (nSPS) is 13.7. The van der Waals surface area contributed by atoms with Crippen molar-refractivity contribution in [2.24, 2.45) is 7.05 Å². The third kappa shape index (κ3) is 2.24. The monoisotopic (exact) mass is 304 g/mol. The van der Waals surface area contributed by atoms with Crippen LogP contribution in [0.2, 0.25) is 6.82 Å². The van der Waals surface area contributed by atoms with Crippen molar-refractivity contribution in [2.45, 2.75) is 20.7 Å². The topological polar surface area (TPSA) is 33.2 Å². The molecule has 0 radical (unpaired) electrons. The Labute approximate surface area is 135 Å². The maximum absolute atomic E-state index is 5.94. The van der Waals surface area contributed by atoms with Crippen molar-refractivity contribution in [3.63, 3.8) is 0 Å². The van der Waals surface area contributed by atoms with E-state index in [4.69, 9.17) is 4.42 Å². The number of furan rings is 1. The maximum atomic E-state index is 5.94. The van der Waals surface area contributed by atoms with Crippen LogP contribution in [-0.4, -0.2) is 11.8 Å². The lowest BCUT2D eigenvalue weighted by Crippen LogP contribution is -2.47. The zero-order valence-corrected chi connectivity index (χ0v) is 13.9. The van der Waals surface area contributed by atoms with E-state index in [0.29, 0.717) is 5.71 Å². The number of anilines is 1. The summed E-state index contributed by atoms with van der Waals surface area (Å²) in [5, 5.41) is 2.17. The molecule has 0 unspecified atom stereocenters. The Morgan fingerprint density at radius 2 is 2.00 bits per heavy atom. The van der Waals surface area contributed by atoms with E-state index in [1.54, 1.807) is 0 Å². The standard InChI is InChI=1S/C18H19BN3O/c1-12-5-8-17(21(4)10-12)22-11-15-14-7-6-13(2)20-18(14)23-16(15)9-19(22)3/h5-11H,1-4H3/q+1. The first-order valence-corrected chi connectivity index (χ1v) is 7.87. The van der Waals surface area contributed by atoms with Gasteiger partial charge in [-0.1, -0.05) is 0 Å². The first-order valence-electron chi connectivity index (χ1n) is 7.87. The molecule has 0 saturated carbocycles. The molecule has 23 heavy (non-hydrogen) atoms. The Kier molecular flexibility index (Phi) is 3.05. The molecule has 3 aromatic heterocycles. The highest BCUT2D eigenvalue weighted by Crippen LogP contribution is 2.15. The summed E-state index contributed by atoms with van der Waals surface area (Å²) in [7, 11) is 2.08. The summed E-state index contributed by atoms with van der Waals surface area (Å²) in [6, 6.07) is 8.42.